The molecule has 0 aromatic rings. The van der Waals surface area contributed by atoms with Crippen LogP contribution >= 0.6 is 0 Å². The third-order valence-corrected chi connectivity index (χ3v) is 9.35. The summed E-state index contributed by atoms with van der Waals surface area (Å²) in [4.78, 5) is 11.6. The highest BCUT2D eigenvalue weighted by atomic mass is 28.4. The fourth-order valence-electron chi connectivity index (χ4n) is 2.47. The van der Waals surface area contributed by atoms with Crippen LogP contribution in [0.3, 0.4) is 0 Å². The molecule has 2 rings (SSSR count). The second-order valence-corrected chi connectivity index (χ2v) is 12.1. The van der Waals surface area contributed by atoms with Crippen molar-refractivity contribution in [2.45, 2.75) is 77.0 Å². The van der Waals surface area contributed by atoms with Crippen molar-refractivity contribution in [3.63, 3.8) is 0 Å². The van der Waals surface area contributed by atoms with E-state index >= 15 is 0 Å². The Balaban J connectivity index is 2.03. The number of rotatable bonds is 3. The number of carbonyl (C=O) groups excluding carboxylic acids is 1. The summed E-state index contributed by atoms with van der Waals surface area (Å²) in [5, 5.41) is 0.209. The molecule has 0 N–H and O–H groups in total. The standard InChI is InChI=1S/C14H26O3Si/c1-9(15)10-7-11-13(16-11)12(8-10)17-18(5,6)14(2,3)4/h10-13H,7-8H2,1-6H3. The van der Waals surface area contributed by atoms with Crippen LogP contribution < -0.4 is 0 Å². The van der Waals surface area contributed by atoms with Crippen LogP contribution in [0.1, 0.15) is 40.5 Å². The maximum absolute atomic E-state index is 11.6. The van der Waals surface area contributed by atoms with Gasteiger partial charge in [0.1, 0.15) is 11.9 Å². The van der Waals surface area contributed by atoms with E-state index in [1.165, 1.54) is 0 Å². The smallest absolute Gasteiger partial charge is 0.192 e. The van der Waals surface area contributed by atoms with Gasteiger partial charge in [-0.25, -0.2) is 0 Å². The van der Waals surface area contributed by atoms with Gasteiger partial charge >= 0.3 is 0 Å². The largest absolute Gasteiger partial charge is 0.411 e. The molecule has 1 heterocycles. The molecular formula is C14H26O3Si. The van der Waals surface area contributed by atoms with Gasteiger partial charge in [-0.15, -0.1) is 0 Å². The minimum Gasteiger partial charge on any atom is -0.411 e. The first-order chi connectivity index (χ1) is 8.12. The predicted octanol–water partition coefficient (Wildman–Crippen LogP) is 3.14. The maximum Gasteiger partial charge on any atom is 0.192 e. The zero-order valence-corrected chi connectivity index (χ0v) is 13.4. The minimum absolute atomic E-state index is 0.138. The highest BCUT2D eigenvalue weighted by molar-refractivity contribution is 6.74. The summed E-state index contributed by atoms with van der Waals surface area (Å²) in [6, 6.07) is 0. The highest BCUT2D eigenvalue weighted by Crippen LogP contribution is 2.45. The lowest BCUT2D eigenvalue weighted by Gasteiger charge is -2.40. The number of Topliss-reactive ketones (excluding diaryl/α,β-unsaturated/α-hetero) is 1. The van der Waals surface area contributed by atoms with Crippen molar-refractivity contribution in [1.82, 2.24) is 0 Å². The molecule has 3 nitrogen and oxygen atoms in total. The lowest BCUT2D eigenvalue weighted by atomic mass is 9.85. The number of fused-ring (bicyclic) bond motifs is 1. The van der Waals surface area contributed by atoms with Crippen molar-refractivity contribution >= 4 is 14.1 Å². The molecule has 4 atom stereocenters. The van der Waals surface area contributed by atoms with Gasteiger partial charge in [-0.05, 0) is 37.9 Å². The quantitative estimate of drug-likeness (QED) is 0.584. The molecule has 0 radical (unpaired) electrons. The van der Waals surface area contributed by atoms with E-state index < -0.39 is 8.32 Å². The molecule has 4 unspecified atom stereocenters. The molecule has 1 saturated heterocycles. The van der Waals surface area contributed by atoms with Crippen LogP contribution in [0.5, 0.6) is 0 Å². The Kier molecular flexibility index (Phi) is 3.50. The van der Waals surface area contributed by atoms with Crippen molar-refractivity contribution in [3.05, 3.63) is 0 Å². The zero-order chi connectivity index (χ0) is 13.7. The van der Waals surface area contributed by atoms with Gasteiger partial charge in [0.05, 0.1) is 12.2 Å². The minimum atomic E-state index is -1.76. The van der Waals surface area contributed by atoms with Gasteiger partial charge < -0.3 is 9.16 Å². The Hall–Kier alpha value is -0.193. The molecule has 0 amide bonds. The third-order valence-electron chi connectivity index (χ3n) is 4.85. The van der Waals surface area contributed by atoms with Crippen molar-refractivity contribution in [2.75, 3.05) is 0 Å². The highest BCUT2D eigenvalue weighted by Gasteiger charge is 2.54. The normalized spacial score (nSPS) is 36.1. The Morgan fingerprint density at radius 2 is 1.89 bits per heavy atom. The fourth-order valence-corrected chi connectivity index (χ4v) is 3.81. The summed E-state index contributed by atoms with van der Waals surface area (Å²) in [5.74, 6) is 0.427. The molecule has 4 heteroatoms. The molecule has 1 saturated carbocycles. The topological polar surface area (TPSA) is 38.8 Å². The van der Waals surface area contributed by atoms with Crippen molar-refractivity contribution in [2.24, 2.45) is 5.92 Å². The molecule has 1 aliphatic heterocycles. The second-order valence-electron chi connectivity index (χ2n) is 7.33. The van der Waals surface area contributed by atoms with E-state index in [2.05, 4.69) is 33.9 Å². The van der Waals surface area contributed by atoms with Gasteiger partial charge in [0.15, 0.2) is 8.32 Å². The van der Waals surface area contributed by atoms with Gasteiger partial charge in [-0.3, -0.25) is 4.79 Å². The van der Waals surface area contributed by atoms with Gasteiger partial charge in [0.2, 0.25) is 0 Å². The van der Waals surface area contributed by atoms with Gasteiger partial charge in [-0.2, -0.15) is 0 Å². The fraction of sp³-hybridized carbons (Fsp3) is 0.929. The van der Waals surface area contributed by atoms with Crippen LogP contribution in [0.15, 0.2) is 0 Å². The summed E-state index contributed by atoms with van der Waals surface area (Å²) in [6.45, 7) is 13.0. The number of ketones is 1. The van der Waals surface area contributed by atoms with E-state index in [1.54, 1.807) is 6.92 Å². The molecule has 104 valence electrons. The summed E-state index contributed by atoms with van der Waals surface area (Å²) >= 11 is 0. The predicted molar refractivity (Wildman–Crippen MR) is 74.1 cm³/mol. The van der Waals surface area contributed by atoms with Crippen LogP contribution in [0.2, 0.25) is 18.1 Å². The van der Waals surface area contributed by atoms with Crippen molar-refractivity contribution in [3.8, 4) is 0 Å². The first-order valence-corrected chi connectivity index (χ1v) is 9.86. The summed E-state index contributed by atoms with van der Waals surface area (Å²) in [5.41, 5.74) is 0. The van der Waals surface area contributed by atoms with Crippen molar-refractivity contribution < 1.29 is 14.0 Å². The molecule has 2 aliphatic rings. The molecule has 0 aromatic carbocycles. The number of epoxide rings is 1. The van der Waals surface area contributed by atoms with Gasteiger partial charge in [0.25, 0.3) is 0 Å². The summed E-state index contributed by atoms with van der Waals surface area (Å²) < 4.78 is 12.1. The molecule has 0 bridgehead atoms. The number of carbonyl (C=O) groups is 1. The average Bonchev–Trinajstić information content (AvgIpc) is 2.93. The van der Waals surface area contributed by atoms with E-state index in [0.29, 0.717) is 0 Å². The number of hydrogen-bond acceptors (Lipinski definition) is 3. The SMILES string of the molecule is CC(=O)C1CC2OC2C(O[Si](C)(C)C(C)(C)C)C1. The second kappa shape index (κ2) is 4.42. The Morgan fingerprint density at radius 1 is 1.28 bits per heavy atom. The molecule has 0 aromatic heterocycles. The monoisotopic (exact) mass is 270 g/mol. The van der Waals surface area contributed by atoms with E-state index in [4.69, 9.17) is 9.16 Å². The van der Waals surface area contributed by atoms with E-state index in [1.807, 2.05) is 0 Å². The lowest BCUT2D eigenvalue weighted by Crippen LogP contribution is -2.47. The van der Waals surface area contributed by atoms with E-state index in [9.17, 15) is 4.79 Å². The summed E-state index contributed by atoms with van der Waals surface area (Å²) in [6.07, 6.45) is 2.43. The first kappa shape index (κ1) is 14.2. The van der Waals surface area contributed by atoms with E-state index in [0.717, 1.165) is 12.8 Å². The average molecular weight is 270 g/mol. The maximum atomic E-state index is 11.6. The van der Waals surface area contributed by atoms with Gasteiger partial charge in [-0.1, -0.05) is 20.8 Å². The van der Waals surface area contributed by atoms with Crippen LogP contribution in [0, 0.1) is 5.92 Å². The van der Waals surface area contributed by atoms with E-state index in [-0.39, 0.29) is 35.1 Å². The van der Waals surface area contributed by atoms with Crippen molar-refractivity contribution in [1.29, 1.82) is 0 Å². The molecule has 2 fully saturated rings. The molecule has 18 heavy (non-hydrogen) atoms. The van der Waals surface area contributed by atoms with Crippen LogP contribution in [-0.4, -0.2) is 32.4 Å². The number of hydrogen-bond donors (Lipinski definition) is 0. The van der Waals surface area contributed by atoms with Crippen LogP contribution in [0.25, 0.3) is 0 Å². The third kappa shape index (κ3) is 2.70. The number of ether oxygens (including phenoxy) is 1. The Morgan fingerprint density at radius 3 is 2.39 bits per heavy atom. The first-order valence-electron chi connectivity index (χ1n) is 6.95. The lowest BCUT2D eigenvalue weighted by molar-refractivity contribution is -0.122. The zero-order valence-electron chi connectivity index (χ0n) is 12.4. The molecule has 0 spiro atoms. The van der Waals surface area contributed by atoms with Crippen LogP contribution in [-0.2, 0) is 14.0 Å². The molecule has 1 aliphatic carbocycles. The molecular weight excluding hydrogens is 244 g/mol. The summed E-state index contributed by atoms with van der Waals surface area (Å²) in [7, 11) is -1.76. The Bertz CT molecular complexity index is 345. The van der Waals surface area contributed by atoms with Crippen LogP contribution in [0.4, 0.5) is 0 Å². The Labute approximate surface area is 111 Å². The van der Waals surface area contributed by atoms with Gasteiger partial charge in [0, 0.05) is 5.92 Å².